The fraction of sp³-hybridized carbons (Fsp3) is 0.0500. The molecule has 0 spiro atoms. The fourth-order valence-corrected chi connectivity index (χ4v) is 3.04. The third kappa shape index (κ3) is 3.10. The highest BCUT2D eigenvalue weighted by Crippen LogP contribution is 2.29. The molecule has 4 nitrogen and oxygen atoms in total. The Morgan fingerprint density at radius 3 is 2.36 bits per heavy atom. The van der Waals surface area contributed by atoms with Gasteiger partial charge in [-0.3, -0.25) is 0 Å². The predicted molar refractivity (Wildman–Crippen MR) is 102 cm³/mol. The molecule has 5 heteroatoms. The molecule has 0 saturated heterocycles. The monoisotopic (exact) mass is 391 g/mol. The van der Waals surface area contributed by atoms with E-state index in [9.17, 15) is 0 Å². The Balaban J connectivity index is 1.95. The molecule has 122 valence electrons. The largest absolute Gasteiger partial charge is 0.497 e. The summed E-state index contributed by atoms with van der Waals surface area (Å²) in [6.07, 6.45) is 0. The van der Waals surface area contributed by atoms with Crippen LogP contribution in [0.15, 0.2) is 71.3 Å². The molecule has 0 aliphatic rings. The van der Waals surface area contributed by atoms with Crippen molar-refractivity contribution in [2.75, 3.05) is 7.11 Å². The predicted octanol–water partition coefficient (Wildman–Crippen LogP) is 5.13. The van der Waals surface area contributed by atoms with Gasteiger partial charge in [0.25, 0.3) is 0 Å². The van der Waals surface area contributed by atoms with Crippen LogP contribution in [0.5, 0.6) is 5.75 Å². The number of ether oxygens (including phenoxy) is 1. The van der Waals surface area contributed by atoms with E-state index in [1.807, 2.05) is 66.7 Å². The first-order valence-corrected chi connectivity index (χ1v) is 8.58. The number of rotatable bonds is 3. The minimum Gasteiger partial charge on any atom is -0.497 e. The lowest BCUT2D eigenvalue weighted by molar-refractivity contribution is 0.415. The fourth-order valence-electron chi connectivity index (χ4n) is 2.69. The first-order valence-electron chi connectivity index (χ1n) is 7.79. The number of halogens is 1. The number of aromatic nitrogens is 3. The zero-order valence-electron chi connectivity index (χ0n) is 13.5. The van der Waals surface area contributed by atoms with Crippen molar-refractivity contribution in [3.8, 4) is 28.5 Å². The maximum atomic E-state index is 5.25. The topological polar surface area (TPSA) is 47.9 Å². The summed E-state index contributed by atoms with van der Waals surface area (Å²) in [5.74, 6) is 1.42. The van der Waals surface area contributed by atoms with Crippen LogP contribution in [0.3, 0.4) is 0 Å². The van der Waals surface area contributed by atoms with Crippen molar-refractivity contribution in [3.05, 3.63) is 71.3 Å². The average Bonchev–Trinajstić information content (AvgIpc) is 2.67. The molecule has 25 heavy (non-hydrogen) atoms. The second-order valence-electron chi connectivity index (χ2n) is 5.49. The second kappa shape index (κ2) is 6.61. The van der Waals surface area contributed by atoms with Crippen LogP contribution in [-0.4, -0.2) is 22.1 Å². The minimum absolute atomic E-state index is 0.603. The van der Waals surface area contributed by atoms with E-state index in [1.165, 1.54) is 0 Å². The molecule has 0 N–H and O–H groups in total. The third-order valence-electron chi connectivity index (χ3n) is 3.91. The van der Waals surface area contributed by atoms with Crippen LogP contribution in [0.2, 0.25) is 0 Å². The van der Waals surface area contributed by atoms with Gasteiger partial charge in [-0.2, -0.15) is 0 Å². The van der Waals surface area contributed by atoms with Crippen molar-refractivity contribution in [2.24, 2.45) is 0 Å². The number of para-hydroxylation sites is 1. The van der Waals surface area contributed by atoms with E-state index in [2.05, 4.69) is 25.9 Å². The zero-order chi connectivity index (χ0) is 17.2. The van der Waals surface area contributed by atoms with Gasteiger partial charge in [0.05, 0.1) is 18.3 Å². The van der Waals surface area contributed by atoms with Crippen LogP contribution in [-0.2, 0) is 0 Å². The number of hydrogen-bond acceptors (Lipinski definition) is 4. The van der Waals surface area contributed by atoms with Crippen LogP contribution in [0.4, 0.5) is 0 Å². The van der Waals surface area contributed by atoms with Crippen molar-refractivity contribution in [2.45, 2.75) is 0 Å². The van der Waals surface area contributed by atoms with Gasteiger partial charge in [-0.15, -0.1) is 0 Å². The molecule has 0 saturated carbocycles. The number of pyridine rings is 1. The highest BCUT2D eigenvalue weighted by Gasteiger charge is 2.12. The normalized spacial score (nSPS) is 10.8. The van der Waals surface area contributed by atoms with E-state index in [1.54, 1.807) is 7.11 Å². The summed E-state index contributed by atoms with van der Waals surface area (Å²) < 4.78 is 6.01. The van der Waals surface area contributed by atoms with Crippen LogP contribution < -0.4 is 4.74 Å². The van der Waals surface area contributed by atoms with E-state index in [0.29, 0.717) is 5.82 Å². The summed E-state index contributed by atoms with van der Waals surface area (Å²) in [6, 6.07) is 21.6. The average molecular weight is 392 g/mol. The van der Waals surface area contributed by atoms with Crippen molar-refractivity contribution < 1.29 is 4.74 Å². The lowest BCUT2D eigenvalue weighted by Crippen LogP contribution is -1.96. The van der Waals surface area contributed by atoms with Gasteiger partial charge in [0.2, 0.25) is 0 Å². The molecule has 0 fully saturated rings. The molecule has 0 amide bonds. The Kier molecular flexibility index (Phi) is 4.15. The number of benzene rings is 2. The Morgan fingerprint density at radius 1 is 0.800 bits per heavy atom. The smallest absolute Gasteiger partial charge is 0.179 e. The van der Waals surface area contributed by atoms with Crippen molar-refractivity contribution in [3.63, 3.8) is 0 Å². The maximum Gasteiger partial charge on any atom is 0.179 e. The minimum atomic E-state index is 0.603. The van der Waals surface area contributed by atoms with E-state index >= 15 is 0 Å². The van der Waals surface area contributed by atoms with Gasteiger partial charge in [-0.25, -0.2) is 15.0 Å². The van der Waals surface area contributed by atoms with Gasteiger partial charge >= 0.3 is 0 Å². The van der Waals surface area contributed by atoms with Crippen molar-refractivity contribution >= 4 is 26.8 Å². The highest BCUT2D eigenvalue weighted by atomic mass is 79.9. The summed E-state index contributed by atoms with van der Waals surface area (Å²) in [4.78, 5) is 14.0. The standard InChI is InChI=1S/C20H14BrN3O/c1-25-14-11-9-13(10-12-14)19-15-5-2-3-6-16(15)23-20(24-19)17-7-4-8-18(21)22-17/h2-12H,1H3. The number of methoxy groups -OCH3 is 1. The Hall–Kier alpha value is -2.79. The van der Waals surface area contributed by atoms with Crippen LogP contribution in [0.25, 0.3) is 33.7 Å². The number of hydrogen-bond donors (Lipinski definition) is 0. The summed E-state index contributed by atoms with van der Waals surface area (Å²) in [5, 5.41) is 1.01. The lowest BCUT2D eigenvalue weighted by Gasteiger charge is -2.09. The molecule has 4 aromatic rings. The Labute approximate surface area is 153 Å². The van der Waals surface area contributed by atoms with Crippen LogP contribution in [0, 0.1) is 0 Å². The van der Waals surface area contributed by atoms with E-state index in [-0.39, 0.29) is 0 Å². The molecule has 2 aromatic carbocycles. The molecular formula is C20H14BrN3O. The highest BCUT2D eigenvalue weighted by molar-refractivity contribution is 9.10. The third-order valence-corrected chi connectivity index (χ3v) is 4.35. The SMILES string of the molecule is COc1ccc(-c2nc(-c3cccc(Br)n3)nc3ccccc23)cc1. The van der Waals surface area contributed by atoms with Gasteiger partial charge in [0.15, 0.2) is 5.82 Å². The zero-order valence-corrected chi connectivity index (χ0v) is 15.1. The molecule has 0 atom stereocenters. The van der Waals surface area contributed by atoms with E-state index in [4.69, 9.17) is 9.72 Å². The van der Waals surface area contributed by atoms with Crippen LogP contribution in [0.1, 0.15) is 0 Å². The molecular weight excluding hydrogens is 378 g/mol. The maximum absolute atomic E-state index is 5.25. The molecule has 0 radical (unpaired) electrons. The first kappa shape index (κ1) is 15.7. The molecule has 2 heterocycles. The van der Waals surface area contributed by atoms with Gasteiger partial charge < -0.3 is 4.74 Å². The van der Waals surface area contributed by atoms with Crippen LogP contribution >= 0.6 is 15.9 Å². The van der Waals surface area contributed by atoms with Gasteiger partial charge in [-0.1, -0.05) is 24.3 Å². The van der Waals surface area contributed by atoms with E-state index in [0.717, 1.165) is 38.2 Å². The second-order valence-corrected chi connectivity index (χ2v) is 6.30. The van der Waals surface area contributed by atoms with Crippen molar-refractivity contribution in [1.29, 1.82) is 0 Å². The summed E-state index contributed by atoms with van der Waals surface area (Å²) >= 11 is 3.41. The summed E-state index contributed by atoms with van der Waals surface area (Å²) in [5.41, 5.74) is 3.51. The van der Waals surface area contributed by atoms with Gasteiger partial charge in [-0.05, 0) is 58.4 Å². The molecule has 0 bridgehead atoms. The quantitative estimate of drug-likeness (QED) is 0.454. The molecule has 0 aliphatic heterocycles. The molecule has 0 aliphatic carbocycles. The first-order chi connectivity index (χ1) is 12.2. The summed E-state index contributed by atoms with van der Waals surface area (Å²) in [6.45, 7) is 0. The van der Waals surface area contributed by atoms with Gasteiger partial charge in [0, 0.05) is 10.9 Å². The Morgan fingerprint density at radius 2 is 1.60 bits per heavy atom. The van der Waals surface area contributed by atoms with Crippen molar-refractivity contribution in [1.82, 2.24) is 15.0 Å². The van der Waals surface area contributed by atoms with E-state index < -0.39 is 0 Å². The summed E-state index contributed by atoms with van der Waals surface area (Å²) in [7, 11) is 1.66. The van der Waals surface area contributed by atoms with Gasteiger partial charge in [0.1, 0.15) is 16.0 Å². The number of nitrogens with zero attached hydrogens (tertiary/aromatic N) is 3. The lowest BCUT2D eigenvalue weighted by atomic mass is 10.1. The molecule has 2 aromatic heterocycles. The molecule has 4 rings (SSSR count). The molecule has 0 unspecified atom stereocenters. The number of fused-ring (bicyclic) bond motifs is 1. The Bertz CT molecular complexity index is 1050.